The van der Waals surface area contributed by atoms with E-state index in [1.807, 2.05) is 54.3 Å². The minimum atomic E-state index is -0.0332. The molecule has 2 rings (SSSR count). The number of aromatic nitrogens is 1. The Kier molecular flexibility index (Phi) is 4.23. The van der Waals surface area contributed by atoms with Crippen LogP contribution < -0.4 is 10.1 Å². The van der Waals surface area contributed by atoms with Crippen LogP contribution in [0.15, 0.2) is 42.7 Å². The lowest BCUT2D eigenvalue weighted by atomic mass is 10.1. The number of hydrogen-bond donors (Lipinski definition) is 1. The van der Waals surface area contributed by atoms with Gasteiger partial charge in [-0.15, -0.1) is 0 Å². The fraction of sp³-hybridized carbons (Fsp3) is 0.267. The van der Waals surface area contributed by atoms with Gasteiger partial charge in [-0.3, -0.25) is 4.79 Å². The van der Waals surface area contributed by atoms with Gasteiger partial charge in [0, 0.05) is 26.0 Å². The van der Waals surface area contributed by atoms with Gasteiger partial charge in [-0.05, 0) is 30.2 Å². The summed E-state index contributed by atoms with van der Waals surface area (Å²) < 4.78 is 6.96. The Bertz CT molecular complexity index is 544. The summed E-state index contributed by atoms with van der Waals surface area (Å²) in [6.07, 6.45) is 4.48. The highest BCUT2D eigenvalue weighted by Gasteiger charge is 2.05. The monoisotopic (exact) mass is 258 g/mol. The first-order chi connectivity index (χ1) is 9.19. The normalized spacial score (nSPS) is 10.2. The van der Waals surface area contributed by atoms with Crippen molar-refractivity contribution in [2.45, 2.75) is 6.42 Å². The van der Waals surface area contributed by atoms with Crippen LogP contribution in [-0.2, 0) is 13.5 Å². The summed E-state index contributed by atoms with van der Waals surface area (Å²) in [7, 11) is 3.54. The van der Waals surface area contributed by atoms with Crippen molar-refractivity contribution in [1.29, 1.82) is 0 Å². The number of carbonyl (C=O) groups is 1. The third-order valence-corrected chi connectivity index (χ3v) is 2.95. The van der Waals surface area contributed by atoms with Gasteiger partial charge < -0.3 is 14.6 Å². The first kappa shape index (κ1) is 13.2. The van der Waals surface area contributed by atoms with Gasteiger partial charge in [-0.1, -0.05) is 12.1 Å². The van der Waals surface area contributed by atoms with E-state index in [0.717, 1.165) is 12.2 Å². The van der Waals surface area contributed by atoms with Crippen LogP contribution in [0.1, 0.15) is 15.9 Å². The third-order valence-electron chi connectivity index (χ3n) is 2.95. The van der Waals surface area contributed by atoms with Crippen LogP contribution in [0.2, 0.25) is 0 Å². The molecule has 4 heteroatoms. The summed E-state index contributed by atoms with van der Waals surface area (Å²) in [5.41, 5.74) is 1.87. The van der Waals surface area contributed by atoms with Gasteiger partial charge in [-0.25, -0.2) is 0 Å². The second-order valence-electron chi connectivity index (χ2n) is 4.42. The van der Waals surface area contributed by atoms with Crippen molar-refractivity contribution in [3.63, 3.8) is 0 Å². The highest BCUT2D eigenvalue weighted by Crippen LogP contribution is 2.11. The molecule has 0 aliphatic heterocycles. The summed E-state index contributed by atoms with van der Waals surface area (Å²) in [5, 5.41) is 2.91. The first-order valence-electron chi connectivity index (χ1n) is 6.22. The van der Waals surface area contributed by atoms with E-state index in [1.165, 1.54) is 5.56 Å². The van der Waals surface area contributed by atoms with Crippen LogP contribution >= 0.6 is 0 Å². The summed E-state index contributed by atoms with van der Waals surface area (Å²) in [5.74, 6) is 0.811. The van der Waals surface area contributed by atoms with Crippen molar-refractivity contribution in [3.05, 3.63) is 53.9 Å². The Labute approximate surface area is 113 Å². The third kappa shape index (κ3) is 3.61. The van der Waals surface area contributed by atoms with E-state index in [0.29, 0.717) is 12.1 Å². The van der Waals surface area contributed by atoms with Crippen molar-refractivity contribution >= 4 is 5.91 Å². The van der Waals surface area contributed by atoms with Gasteiger partial charge in [0.2, 0.25) is 0 Å². The van der Waals surface area contributed by atoms with E-state index < -0.39 is 0 Å². The zero-order valence-corrected chi connectivity index (χ0v) is 11.2. The Morgan fingerprint density at radius 3 is 2.58 bits per heavy atom. The minimum absolute atomic E-state index is 0.0332. The number of nitrogens with zero attached hydrogens (tertiary/aromatic N) is 1. The molecular weight excluding hydrogens is 240 g/mol. The number of aryl methyl sites for hydroxylation is 1. The fourth-order valence-electron chi connectivity index (χ4n) is 1.85. The maximum absolute atomic E-state index is 11.8. The molecular formula is C15H18N2O2. The molecule has 1 N–H and O–H groups in total. The first-order valence-corrected chi connectivity index (χ1v) is 6.22. The molecule has 0 saturated carbocycles. The van der Waals surface area contributed by atoms with Gasteiger partial charge in [0.15, 0.2) is 0 Å². The Balaban J connectivity index is 1.81. The summed E-state index contributed by atoms with van der Waals surface area (Å²) in [6.45, 7) is 0.625. The molecule has 0 fully saturated rings. The SMILES string of the molecule is COc1ccc(CCNC(=O)c2ccn(C)c2)cc1. The maximum Gasteiger partial charge on any atom is 0.252 e. The second kappa shape index (κ2) is 6.09. The average Bonchev–Trinajstić information content (AvgIpc) is 2.86. The molecule has 0 aliphatic carbocycles. The molecule has 4 nitrogen and oxygen atoms in total. The second-order valence-corrected chi connectivity index (χ2v) is 4.42. The van der Waals surface area contributed by atoms with E-state index in [2.05, 4.69) is 5.32 Å². The highest BCUT2D eigenvalue weighted by molar-refractivity contribution is 5.93. The van der Waals surface area contributed by atoms with Crippen LogP contribution in [0.5, 0.6) is 5.75 Å². The summed E-state index contributed by atoms with van der Waals surface area (Å²) >= 11 is 0. The largest absolute Gasteiger partial charge is 0.497 e. The van der Waals surface area contributed by atoms with Crippen molar-refractivity contribution in [2.75, 3.05) is 13.7 Å². The minimum Gasteiger partial charge on any atom is -0.497 e. The van der Waals surface area contributed by atoms with E-state index >= 15 is 0 Å². The predicted molar refractivity (Wildman–Crippen MR) is 74.4 cm³/mol. The zero-order chi connectivity index (χ0) is 13.7. The quantitative estimate of drug-likeness (QED) is 0.891. The van der Waals surface area contributed by atoms with Gasteiger partial charge in [0.1, 0.15) is 5.75 Å². The van der Waals surface area contributed by atoms with Crippen molar-refractivity contribution in [2.24, 2.45) is 7.05 Å². The maximum atomic E-state index is 11.8. The number of methoxy groups -OCH3 is 1. The molecule has 0 atom stereocenters. The smallest absolute Gasteiger partial charge is 0.252 e. The Morgan fingerprint density at radius 2 is 2.00 bits per heavy atom. The van der Waals surface area contributed by atoms with Gasteiger partial charge in [0.05, 0.1) is 12.7 Å². The molecule has 1 heterocycles. The van der Waals surface area contributed by atoms with Crippen molar-refractivity contribution in [3.8, 4) is 5.75 Å². The fourth-order valence-corrected chi connectivity index (χ4v) is 1.85. The summed E-state index contributed by atoms with van der Waals surface area (Å²) in [4.78, 5) is 11.8. The lowest BCUT2D eigenvalue weighted by molar-refractivity contribution is 0.0954. The number of amides is 1. The lowest BCUT2D eigenvalue weighted by Crippen LogP contribution is -2.25. The number of rotatable bonds is 5. The van der Waals surface area contributed by atoms with Crippen LogP contribution in [0, 0.1) is 0 Å². The molecule has 100 valence electrons. The van der Waals surface area contributed by atoms with Gasteiger partial charge in [0.25, 0.3) is 5.91 Å². The summed E-state index contributed by atoms with van der Waals surface area (Å²) in [6, 6.07) is 9.67. The molecule has 1 amide bonds. The topological polar surface area (TPSA) is 43.3 Å². The van der Waals surface area contributed by atoms with E-state index in [4.69, 9.17) is 4.74 Å². The molecule has 0 unspecified atom stereocenters. The average molecular weight is 258 g/mol. The van der Waals surface area contributed by atoms with Crippen LogP contribution in [-0.4, -0.2) is 24.1 Å². The Morgan fingerprint density at radius 1 is 1.26 bits per heavy atom. The van der Waals surface area contributed by atoms with E-state index in [1.54, 1.807) is 7.11 Å². The molecule has 1 aromatic carbocycles. The molecule has 0 aliphatic rings. The highest BCUT2D eigenvalue weighted by atomic mass is 16.5. The van der Waals surface area contributed by atoms with E-state index in [9.17, 15) is 4.79 Å². The standard InChI is InChI=1S/C15H18N2O2/c1-17-10-8-13(11-17)15(18)16-9-7-12-3-5-14(19-2)6-4-12/h3-6,8,10-11H,7,9H2,1-2H3,(H,16,18). The Hall–Kier alpha value is -2.23. The van der Waals surface area contributed by atoms with E-state index in [-0.39, 0.29) is 5.91 Å². The molecule has 0 radical (unpaired) electrons. The molecule has 0 saturated heterocycles. The molecule has 0 bridgehead atoms. The molecule has 19 heavy (non-hydrogen) atoms. The molecule has 2 aromatic rings. The lowest BCUT2D eigenvalue weighted by Gasteiger charge is -2.05. The number of benzene rings is 1. The van der Waals surface area contributed by atoms with Gasteiger partial charge in [-0.2, -0.15) is 0 Å². The zero-order valence-electron chi connectivity index (χ0n) is 11.2. The van der Waals surface area contributed by atoms with Crippen LogP contribution in [0.4, 0.5) is 0 Å². The van der Waals surface area contributed by atoms with Crippen LogP contribution in [0.3, 0.4) is 0 Å². The molecule has 0 spiro atoms. The number of carbonyl (C=O) groups excluding carboxylic acids is 1. The predicted octanol–water partition coefficient (Wildman–Crippen LogP) is 2.01. The van der Waals surface area contributed by atoms with Crippen LogP contribution in [0.25, 0.3) is 0 Å². The van der Waals surface area contributed by atoms with Crippen molar-refractivity contribution in [1.82, 2.24) is 9.88 Å². The number of ether oxygens (including phenoxy) is 1. The molecule has 1 aromatic heterocycles. The number of hydrogen-bond acceptors (Lipinski definition) is 2. The van der Waals surface area contributed by atoms with Crippen molar-refractivity contribution < 1.29 is 9.53 Å². The number of nitrogens with one attached hydrogen (secondary N) is 1. The van der Waals surface area contributed by atoms with Gasteiger partial charge >= 0.3 is 0 Å².